The zero-order chi connectivity index (χ0) is 11.1. The monoisotopic (exact) mass is 254 g/mol. The maximum Gasteiger partial charge on any atom is 0.232 e. The number of hydrogen-bond acceptors (Lipinski definition) is 3. The molecule has 0 aromatic heterocycles. The lowest BCUT2D eigenvalue weighted by Crippen LogP contribution is -2.00. The quantitative estimate of drug-likeness (QED) is 0.469. The lowest BCUT2D eigenvalue weighted by Gasteiger charge is -2.02. The normalized spacial score (nSPS) is 16.9. The second-order valence-corrected chi connectivity index (χ2v) is 7.07. The van der Waals surface area contributed by atoms with Crippen molar-refractivity contribution in [2.45, 2.75) is 38.5 Å². The van der Waals surface area contributed by atoms with Crippen molar-refractivity contribution in [3.8, 4) is 0 Å². The van der Waals surface area contributed by atoms with Gasteiger partial charge in [-0.1, -0.05) is 12.8 Å². The number of rotatable bonds is 9. The van der Waals surface area contributed by atoms with Crippen LogP contribution in [0.25, 0.3) is 0 Å². The minimum atomic E-state index is -3.28. The van der Waals surface area contributed by atoms with Crippen LogP contribution in [0, 0.1) is 5.92 Å². The maximum absolute atomic E-state index is 10.6. The van der Waals surface area contributed by atoms with Crippen LogP contribution >= 0.6 is 10.7 Å². The number of ether oxygens (including phenoxy) is 1. The SMILES string of the molecule is O=S(=O)(Cl)CCCCCCOCC1CC1. The number of unbranched alkanes of at least 4 members (excludes halogenated alkanes) is 3. The van der Waals surface area contributed by atoms with Crippen molar-refractivity contribution in [3.05, 3.63) is 0 Å². The predicted octanol–water partition coefficient (Wildman–Crippen LogP) is 2.54. The molecule has 5 heteroatoms. The van der Waals surface area contributed by atoms with Gasteiger partial charge in [-0.3, -0.25) is 0 Å². The summed E-state index contributed by atoms with van der Waals surface area (Å²) in [5, 5.41) is 0. The van der Waals surface area contributed by atoms with Crippen molar-refractivity contribution in [3.63, 3.8) is 0 Å². The molecule has 0 atom stereocenters. The third kappa shape index (κ3) is 9.15. The average Bonchev–Trinajstić information content (AvgIpc) is 2.91. The van der Waals surface area contributed by atoms with E-state index >= 15 is 0 Å². The van der Waals surface area contributed by atoms with Crippen LogP contribution < -0.4 is 0 Å². The summed E-state index contributed by atoms with van der Waals surface area (Å²) in [4.78, 5) is 0. The second kappa shape index (κ2) is 6.71. The predicted molar refractivity (Wildman–Crippen MR) is 61.7 cm³/mol. The molecule has 1 aliphatic carbocycles. The van der Waals surface area contributed by atoms with Crippen LogP contribution in [0.2, 0.25) is 0 Å². The van der Waals surface area contributed by atoms with E-state index in [0.29, 0.717) is 6.42 Å². The Bertz CT molecular complexity index is 260. The van der Waals surface area contributed by atoms with Gasteiger partial charge in [-0.25, -0.2) is 8.42 Å². The molecule has 1 saturated carbocycles. The molecule has 0 radical (unpaired) electrons. The summed E-state index contributed by atoms with van der Waals surface area (Å²) in [6.45, 7) is 1.72. The minimum Gasteiger partial charge on any atom is -0.381 e. The highest BCUT2D eigenvalue weighted by atomic mass is 35.7. The van der Waals surface area contributed by atoms with Crippen molar-refractivity contribution < 1.29 is 13.2 Å². The van der Waals surface area contributed by atoms with E-state index in [0.717, 1.165) is 38.4 Å². The van der Waals surface area contributed by atoms with Crippen molar-refractivity contribution >= 4 is 19.7 Å². The van der Waals surface area contributed by atoms with Crippen LogP contribution in [-0.4, -0.2) is 27.4 Å². The molecule has 0 aromatic rings. The Hall–Kier alpha value is 0.200. The Morgan fingerprint density at radius 1 is 1.13 bits per heavy atom. The van der Waals surface area contributed by atoms with Gasteiger partial charge in [-0.15, -0.1) is 0 Å². The van der Waals surface area contributed by atoms with Crippen LogP contribution in [0.5, 0.6) is 0 Å². The van der Waals surface area contributed by atoms with Gasteiger partial charge in [0.05, 0.1) is 5.75 Å². The molecule has 3 nitrogen and oxygen atoms in total. The van der Waals surface area contributed by atoms with Gasteiger partial charge in [-0.05, 0) is 31.6 Å². The summed E-state index contributed by atoms with van der Waals surface area (Å²) in [6.07, 6.45) is 6.28. The van der Waals surface area contributed by atoms with Crippen LogP contribution in [0.1, 0.15) is 38.5 Å². The first-order valence-electron chi connectivity index (χ1n) is 5.58. The first-order chi connectivity index (χ1) is 7.08. The zero-order valence-electron chi connectivity index (χ0n) is 8.95. The third-order valence-corrected chi connectivity index (χ3v) is 3.72. The molecule has 0 bridgehead atoms. The standard InChI is InChI=1S/C10H19ClO3S/c11-15(12,13)8-4-2-1-3-7-14-9-10-5-6-10/h10H,1-9H2. The summed E-state index contributed by atoms with van der Waals surface area (Å²) in [7, 11) is 1.80. The fraction of sp³-hybridized carbons (Fsp3) is 1.00. The summed E-state index contributed by atoms with van der Waals surface area (Å²) in [5.41, 5.74) is 0. The van der Waals surface area contributed by atoms with Crippen LogP contribution in [0.4, 0.5) is 0 Å². The van der Waals surface area contributed by atoms with Gasteiger partial charge in [0.25, 0.3) is 0 Å². The topological polar surface area (TPSA) is 43.4 Å². The van der Waals surface area contributed by atoms with Gasteiger partial charge in [0.2, 0.25) is 9.05 Å². The van der Waals surface area contributed by atoms with Gasteiger partial charge in [0, 0.05) is 23.9 Å². The Morgan fingerprint density at radius 2 is 1.80 bits per heavy atom. The second-order valence-electron chi connectivity index (χ2n) is 4.18. The highest BCUT2D eigenvalue weighted by molar-refractivity contribution is 8.13. The number of halogens is 1. The Kier molecular flexibility index (Phi) is 5.94. The molecule has 0 unspecified atom stereocenters. The van der Waals surface area contributed by atoms with E-state index in [1.165, 1.54) is 12.8 Å². The van der Waals surface area contributed by atoms with Crippen molar-refractivity contribution in [1.29, 1.82) is 0 Å². The van der Waals surface area contributed by atoms with E-state index in [4.69, 9.17) is 15.4 Å². The summed E-state index contributed by atoms with van der Waals surface area (Å²) in [5.74, 6) is 0.920. The fourth-order valence-electron chi connectivity index (χ4n) is 1.37. The highest BCUT2D eigenvalue weighted by Gasteiger charge is 2.20. The molecule has 0 saturated heterocycles. The molecule has 0 spiro atoms. The summed E-state index contributed by atoms with van der Waals surface area (Å²) >= 11 is 0. The molecular formula is C10H19ClO3S. The smallest absolute Gasteiger partial charge is 0.232 e. The third-order valence-electron chi connectivity index (χ3n) is 2.48. The van der Waals surface area contributed by atoms with Gasteiger partial charge >= 0.3 is 0 Å². The van der Waals surface area contributed by atoms with Gasteiger partial charge in [-0.2, -0.15) is 0 Å². The molecule has 90 valence electrons. The van der Waals surface area contributed by atoms with Gasteiger partial charge < -0.3 is 4.74 Å². The van der Waals surface area contributed by atoms with E-state index in [-0.39, 0.29) is 5.75 Å². The maximum atomic E-state index is 10.6. The lowest BCUT2D eigenvalue weighted by molar-refractivity contribution is 0.120. The molecule has 0 N–H and O–H groups in total. The van der Waals surface area contributed by atoms with Crippen LogP contribution in [0.15, 0.2) is 0 Å². The summed E-state index contributed by atoms with van der Waals surface area (Å²) in [6, 6.07) is 0. The lowest BCUT2D eigenvalue weighted by atomic mass is 10.2. The Morgan fingerprint density at radius 3 is 2.40 bits per heavy atom. The Balaban J connectivity index is 1.76. The molecule has 0 heterocycles. The van der Waals surface area contributed by atoms with Gasteiger partial charge in [0.1, 0.15) is 0 Å². The van der Waals surface area contributed by atoms with E-state index < -0.39 is 9.05 Å². The minimum absolute atomic E-state index is 0.0947. The largest absolute Gasteiger partial charge is 0.381 e. The zero-order valence-corrected chi connectivity index (χ0v) is 10.5. The first-order valence-corrected chi connectivity index (χ1v) is 8.06. The van der Waals surface area contributed by atoms with E-state index in [2.05, 4.69) is 0 Å². The molecule has 0 aromatic carbocycles. The molecule has 15 heavy (non-hydrogen) atoms. The number of hydrogen-bond donors (Lipinski definition) is 0. The molecule has 1 fully saturated rings. The molecule has 1 rings (SSSR count). The summed E-state index contributed by atoms with van der Waals surface area (Å²) < 4.78 is 26.6. The van der Waals surface area contributed by atoms with E-state index in [9.17, 15) is 8.42 Å². The molecule has 0 amide bonds. The van der Waals surface area contributed by atoms with Crippen molar-refractivity contribution in [2.24, 2.45) is 5.92 Å². The molecule has 1 aliphatic rings. The first kappa shape index (κ1) is 13.3. The Labute approximate surface area is 96.6 Å². The fourth-order valence-corrected chi connectivity index (χ4v) is 2.24. The molecule has 0 aliphatic heterocycles. The van der Waals surface area contributed by atoms with Crippen LogP contribution in [-0.2, 0) is 13.8 Å². The van der Waals surface area contributed by atoms with E-state index in [1.54, 1.807) is 0 Å². The van der Waals surface area contributed by atoms with Crippen LogP contribution in [0.3, 0.4) is 0 Å². The molecular weight excluding hydrogens is 236 g/mol. The van der Waals surface area contributed by atoms with Crippen molar-refractivity contribution in [1.82, 2.24) is 0 Å². The van der Waals surface area contributed by atoms with Crippen molar-refractivity contribution in [2.75, 3.05) is 19.0 Å². The highest BCUT2D eigenvalue weighted by Crippen LogP contribution is 2.28. The average molecular weight is 255 g/mol. The van der Waals surface area contributed by atoms with E-state index in [1.807, 2.05) is 0 Å². The van der Waals surface area contributed by atoms with Gasteiger partial charge in [0.15, 0.2) is 0 Å².